The van der Waals surface area contributed by atoms with Crippen molar-refractivity contribution in [3.05, 3.63) is 34.8 Å². The Hall–Kier alpha value is -1.55. The number of hydrogen-bond donors (Lipinski definition) is 1. The predicted octanol–water partition coefficient (Wildman–Crippen LogP) is 2.52. The molecule has 2 aromatic rings. The number of benzene rings is 1. The Bertz CT molecular complexity index is 593. The Labute approximate surface area is 112 Å². The Kier molecular flexibility index (Phi) is 3.69. The molecule has 0 bridgehead atoms. The van der Waals surface area contributed by atoms with Crippen LogP contribution in [0.1, 0.15) is 32.1 Å². The second kappa shape index (κ2) is 5.61. The molecule has 1 aromatic carbocycles. The van der Waals surface area contributed by atoms with E-state index in [4.69, 9.17) is 4.42 Å². The highest BCUT2D eigenvalue weighted by molar-refractivity contribution is 5.72. The quantitative estimate of drug-likeness (QED) is 0.840. The van der Waals surface area contributed by atoms with E-state index in [0.29, 0.717) is 11.6 Å². The molecule has 0 atom stereocenters. The SMILES string of the molecule is O=c1oc2ccccc2n1CCCNC1CCCC1. The van der Waals surface area contributed by atoms with Crippen LogP contribution in [0.5, 0.6) is 0 Å². The van der Waals surface area contributed by atoms with Gasteiger partial charge in [-0.25, -0.2) is 4.79 Å². The molecule has 0 saturated heterocycles. The molecular weight excluding hydrogens is 240 g/mol. The highest BCUT2D eigenvalue weighted by Crippen LogP contribution is 2.17. The van der Waals surface area contributed by atoms with Crippen molar-refractivity contribution in [1.29, 1.82) is 0 Å². The van der Waals surface area contributed by atoms with Gasteiger partial charge in [0.2, 0.25) is 0 Å². The van der Waals surface area contributed by atoms with E-state index in [0.717, 1.165) is 25.0 Å². The molecule has 0 amide bonds. The van der Waals surface area contributed by atoms with Crippen LogP contribution in [0, 0.1) is 0 Å². The summed E-state index contributed by atoms with van der Waals surface area (Å²) in [6, 6.07) is 8.29. The maximum absolute atomic E-state index is 11.8. The van der Waals surface area contributed by atoms with Crippen molar-refractivity contribution in [2.75, 3.05) is 6.54 Å². The van der Waals surface area contributed by atoms with Gasteiger partial charge in [-0.1, -0.05) is 25.0 Å². The summed E-state index contributed by atoms with van der Waals surface area (Å²) in [6.07, 6.45) is 6.26. The summed E-state index contributed by atoms with van der Waals surface area (Å²) in [5.74, 6) is -0.248. The Morgan fingerprint density at radius 3 is 2.89 bits per heavy atom. The van der Waals surface area contributed by atoms with E-state index in [-0.39, 0.29) is 5.76 Å². The van der Waals surface area contributed by atoms with Crippen molar-refractivity contribution in [2.45, 2.75) is 44.7 Å². The van der Waals surface area contributed by atoms with Gasteiger partial charge in [-0.05, 0) is 37.9 Å². The van der Waals surface area contributed by atoms with Gasteiger partial charge >= 0.3 is 5.76 Å². The van der Waals surface area contributed by atoms with Crippen LogP contribution in [0.2, 0.25) is 0 Å². The van der Waals surface area contributed by atoms with Gasteiger partial charge in [0.1, 0.15) is 0 Å². The molecule has 102 valence electrons. The summed E-state index contributed by atoms with van der Waals surface area (Å²) in [4.78, 5) is 11.8. The van der Waals surface area contributed by atoms with Crippen molar-refractivity contribution in [3.63, 3.8) is 0 Å². The molecule has 0 spiro atoms. The van der Waals surface area contributed by atoms with E-state index in [1.54, 1.807) is 4.57 Å². The van der Waals surface area contributed by atoms with E-state index in [2.05, 4.69) is 5.32 Å². The zero-order valence-corrected chi connectivity index (χ0v) is 11.1. The van der Waals surface area contributed by atoms with Crippen molar-refractivity contribution in [1.82, 2.24) is 9.88 Å². The third-order valence-electron chi connectivity index (χ3n) is 3.92. The lowest BCUT2D eigenvalue weighted by Gasteiger charge is -2.11. The van der Waals surface area contributed by atoms with Gasteiger partial charge in [-0.15, -0.1) is 0 Å². The molecule has 1 heterocycles. The van der Waals surface area contributed by atoms with Gasteiger partial charge in [0.25, 0.3) is 0 Å². The van der Waals surface area contributed by atoms with Crippen LogP contribution in [0.15, 0.2) is 33.5 Å². The molecule has 1 fully saturated rings. The topological polar surface area (TPSA) is 47.2 Å². The molecule has 4 nitrogen and oxygen atoms in total. The zero-order chi connectivity index (χ0) is 13.1. The average Bonchev–Trinajstić information content (AvgIpc) is 3.02. The van der Waals surface area contributed by atoms with Gasteiger partial charge in [0.15, 0.2) is 5.58 Å². The molecule has 0 radical (unpaired) electrons. The van der Waals surface area contributed by atoms with Crippen molar-refractivity contribution < 1.29 is 4.42 Å². The molecule has 19 heavy (non-hydrogen) atoms. The maximum Gasteiger partial charge on any atom is 0.419 e. The molecule has 3 rings (SSSR count). The first kappa shape index (κ1) is 12.5. The monoisotopic (exact) mass is 260 g/mol. The number of rotatable bonds is 5. The fraction of sp³-hybridized carbons (Fsp3) is 0.533. The number of para-hydroxylation sites is 2. The van der Waals surface area contributed by atoms with Gasteiger partial charge in [-0.3, -0.25) is 4.57 Å². The van der Waals surface area contributed by atoms with Crippen LogP contribution in [0.4, 0.5) is 0 Å². The smallest absolute Gasteiger partial charge is 0.408 e. The zero-order valence-electron chi connectivity index (χ0n) is 11.1. The lowest BCUT2D eigenvalue weighted by molar-refractivity contribution is 0.469. The molecule has 0 unspecified atom stereocenters. The van der Waals surface area contributed by atoms with Gasteiger partial charge in [0, 0.05) is 12.6 Å². The molecular formula is C15H20N2O2. The third-order valence-corrected chi connectivity index (χ3v) is 3.92. The number of oxazole rings is 1. The van der Waals surface area contributed by atoms with Crippen LogP contribution in [-0.2, 0) is 6.54 Å². The van der Waals surface area contributed by atoms with E-state index in [9.17, 15) is 4.79 Å². The molecule has 1 aromatic heterocycles. The van der Waals surface area contributed by atoms with E-state index in [1.807, 2.05) is 24.3 Å². The van der Waals surface area contributed by atoms with Crippen molar-refractivity contribution in [2.24, 2.45) is 0 Å². The number of aryl methyl sites for hydroxylation is 1. The third kappa shape index (κ3) is 2.73. The Balaban J connectivity index is 1.59. The van der Waals surface area contributed by atoms with Gasteiger partial charge in [0.05, 0.1) is 5.52 Å². The second-order valence-electron chi connectivity index (χ2n) is 5.28. The maximum atomic E-state index is 11.8. The molecule has 0 aliphatic heterocycles. The summed E-state index contributed by atoms with van der Waals surface area (Å²) in [7, 11) is 0. The minimum atomic E-state index is -0.248. The average molecular weight is 260 g/mol. The summed E-state index contributed by atoms with van der Waals surface area (Å²) >= 11 is 0. The summed E-state index contributed by atoms with van der Waals surface area (Å²) < 4.78 is 6.94. The first-order valence-electron chi connectivity index (χ1n) is 7.16. The summed E-state index contributed by atoms with van der Waals surface area (Å²) in [5, 5.41) is 3.57. The highest BCUT2D eigenvalue weighted by atomic mass is 16.4. The standard InChI is InChI=1S/C15H20N2O2/c18-15-17(13-8-3-4-9-14(13)19-15)11-5-10-16-12-6-1-2-7-12/h3-4,8-9,12,16H,1-2,5-7,10-11H2. The van der Waals surface area contributed by atoms with Gasteiger partial charge < -0.3 is 9.73 Å². The molecule has 1 N–H and O–H groups in total. The molecule has 1 aliphatic carbocycles. The van der Waals surface area contributed by atoms with E-state index >= 15 is 0 Å². The van der Waals surface area contributed by atoms with Crippen LogP contribution < -0.4 is 11.1 Å². The number of aromatic nitrogens is 1. The fourth-order valence-corrected chi connectivity index (χ4v) is 2.90. The first-order chi connectivity index (χ1) is 9.34. The summed E-state index contributed by atoms with van der Waals surface area (Å²) in [6.45, 7) is 1.69. The minimum Gasteiger partial charge on any atom is -0.408 e. The molecule has 1 aliphatic rings. The van der Waals surface area contributed by atoms with Crippen molar-refractivity contribution >= 4 is 11.1 Å². The van der Waals surface area contributed by atoms with Crippen LogP contribution in [0.3, 0.4) is 0 Å². The van der Waals surface area contributed by atoms with E-state index < -0.39 is 0 Å². The summed E-state index contributed by atoms with van der Waals surface area (Å²) in [5.41, 5.74) is 1.57. The predicted molar refractivity (Wildman–Crippen MR) is 75.3 cm³/mol. The lowest BCUT2D eigenvalue weighted by Crippen LogP contribution is -2.28. The Morgan fingerprint density at radius 2 is 2.05 bits per heavy atom. The van der Waals surface area contributed by atoms with Crippen LogP contribution in [0.25, 0.3) is 11.1 Å². The molecule has 1 saturated carbocycles. The fourth-order valence-electron chi connectivity index (χ4n) is 2.90. The normalized spacial score (nSPS) is 16.4. The lowest BCUT2D eigenvalue weighted by atomic mass is 10.2. The Morgan fingerprint density at radius 1 is 1.26 bits per heavy atom. The number of hydrogen-bond acceptors (Lipinski definition) is 3. The van der Waals surface area contributed by atoms with Crippen LogP contribution in [-0.4, -0.2) is 17.2 Å². The highest BCUT2D eigenvalue weighted by Gasteiger charge is 2.13. The minimum absolute atomic E-state index is 0.248. The van der Waals surface area contributed by atoms with Gasteiger partial charge in [-0.2, -0.15) is 0 Å². The number of nitrogens with one attached hydrogen (secondary N) is 1. The van der Waals surface area contributed by atoms with E-state index in [1.165, 1.54) is 25.7 Å². The number of fused-ring (bicyclic) bond motifs is 1. The first-order valence-corrected chi connectivity index (χ1v) is 7.16. The molecule has 4 heteroatoms. The largest absolute Gasteiger partial charge is 0.419 e. The second-order valence-corrected chi connectivity index (χ2v) is 5.28. The van der Waals surface area contributed by atoms with Crippen molar-refractivity contribution in [3.8, 4) is 0 Å². The number of nitrogens with zero attached hydrogens (tertiary/aromatic N) is 1. The van der Waals surface area contributed by atoms with Crippen LogP contribution >= 0.6 is 0 Å².